The van der Waals surface area contributed by atoms with E-state index in [-0.39, 0.29) is 0 Å². The first-order chi connectivity index (χ1) is 9.13. The summed E-state index contributed by atoms with van der Waals surface area (Å²) in [4.78, 5) is 6.83. The Bertz CT molecular complexity index is 592. The van der Waals surface area contributed by atoms with E-state index in [2.05, 4.69) is 32.3 Å². The topological polar surface area (TPSA) is 58.4 Å². The summed E-state index contributed by atoms with van der Waals surface area (Å²) in [6.45, 7) is 7.33. The molecule has 0 amide bonds. The summed E-state index contributed by atoms with van der Waals surface area (Å²) in [6.07, 6.45) is 4.91. The monoisotopic (exact) mass is 260 g/mol. The lowest BCUT2D eigenvalue weighted by atomic mass is 9.90. The van der Waals surface area contributed by atoms with E-state index in [1.54, 1.807) is 0 Å². The van der Waals surface area contributed by atoms with Gasteiger partial charge in [0.2, 0.25) is 5.65 Å². The summed E-state index contributed by atoms with van der Waals surface area (Å²) in [7, 11) is 2.01. The molecule has 1 aliphatic rings. The molecule has 3 rings (SSSR count). The molecule has 0 aliphatic carbocycles. The molecule has 102 valence electrons. The van der Waals surface area contributed by atoms with Gasteiger partial charge in [0.25, 0.3) is 0 Å². The van der Waals surface area contributed by atoms with Crippen molar-refractivity contribution in [2.24, 2.45) is 5.41 Å². The largest absolute Gasteiger partial charge is 0.353 e. The van der Waals surface area contributed by atoms with Crippen LogP contribution in [0, 0.1) is 12.3 Å². The molecule has 0 spiro atoms. The molecule has 19 heavy (non-hydrogen) atoms. The van der Waals surface area contributed by atoms with Gasteiger partial charge in [-0.3, -0.25) is 4.40 Å². The molecule has 1 aliphatic heterocycles. The van der Waals surface area contributed by atoms with Crippen molar-refractivity contribution in [3.8, 4) is 0 Å². The highest BCUT2D eigenvalue weighted by molar-refractivity contribution is 5.64. The van der Waals surface area contributed by atoms with Gasteiger partial charge < -0.3 is 10.2 Å². The van der Waals surface area contributed by atoms with Crippen molar-refractivity contribution in [2.75, 3.05) is 31.6 Å². The minimum atomic E-state index is 0.304. The van der Waals surface area contributed by atoms with Crippen molar-refractivity contribution in [2.45, 2.75) is 20.3 Å². The number of rotatable bonds is 3. The maximum Gasteiger partial charge on any atom is 0.203 e. The molecule has 1 saturated heterocycles. The zero-order valence-corrected chi connectivity index (χ0v) is 11.7. The van der Waals surface area contributed by atoms with Gasteiger partial charge in [-0.1, -0.05) is 6.92 Å². The third-order valence-electron chi connectivity index (χ3n) is 3.94. The molecule has 0 aromatic carbocycles. The number of nitrogens with zero attached hydrogens (tertiary/aromatic N) is 5. The normalized spacial score (nSPS) is 23.4. The van der Waals surface area contributed by atoms with E-state index in [0.29, 0.717) is 5.41 Å². The number of hydrogen-bond acceptors (Lipinski definition) is 5. The molecule has 0 saturated carbocycles. The second-order valence-electron chi connectivity index (χ2n) is 5.70. The van der Waals surface area contributed by atoms with Gasteiger partial charge in [-0.25, -0.2) is 4.98 Å². The summed E-state index contributed by atoms with van der Waals surface area (Å²) in [5.41, 5.74) is 1.16. The molecule has 1 fully saturated rings. The van der Waals surface area contributed by atoms with E-state index in [1.165, 1.54) is 6.42 Å². The summed E-state index contributed by atoms with van der Waals surface area (Å²) < 4.78 is 2.00. The van der Waals surface area contributed by atoms with Gasteiger partial charge in [0.1, 0.15) is 5.82 Å². The zero-order chi connectivity index (χ0) is 13.5. The van der Waals surface area contributed by atoms with Crippen LogP contribution in [-0.2, 0) is 0 Å². The van der Waals surface area contributed by atoms with Crippen LogP contribution in [-0.4, -0.2) is 46.3 Å². The highest BCUT2D eigenvalue weighted by Gasteiger charge is 2.34. The Morgan fingerprint density at radius 3 is 3.05 bits per heavy atom. The molecule has 1 unspecified atom stereocenters. The van der Waals surface area contributed by atoms with E-state index in [4.69, 9.17) is 0 Å². The molecule has 2 aromatic rings. The standard InChI is InChI=1S/C13H20N6/c1-10-16-17-12-11(15-5-7-19(10)12)18-6-4-13(2,9-18)8-14-3/h5,7,14H,4,6,8-9H2,1-3H3. The Balaban J connectivity index is 1.94. The smallest absolute Gasteiger partial charge is 0.203 e. The Hall–Kier alpha value is -1.69. The van der Waals surface area contributed by atoms with Crippen LogP contribution in [0.1, 0.15) is 19.2 Å². The van der Waals surface area contributed by atoms with Crippen LogP contribution in [0.3, 0.4) is 0 Å². The van der Waals surface area contributed by atoms with Crippen molar-refractivity contribution >= 4 is 11.5 Å². The van der Waals surface area contributed by atoms with Gasteiger partial charge in [-0.05, 0) is 25.8 Å². The number of aromatic nitrogens is 4. The molecular formula is C13H20N6. The van der Waals surface area contributed by atoms with Crippen molar-refractivity contribution in [3.63, 3.8) is 0 Å². The fourth-order valence-electron chi connectivity index (χ4n) is 2.93. The first kappa shape index (κ1) is 12.3. The number of nitrogens with one attached hydrogen (secondary N) is 1. The predicted octanol–water partition coefficient (Wildman–Crippen LogP) is 0.869. The Morgan fingerprint density at radius 1 is 1.42 bits per heavy atom. The van der Waals surface area contributed by atoms with Crippen LogP contribution in [0.4, 0.5) is 5.82 Å². The molecule has 6 nitrogen and oxygen atoms in total. The third kappa shape index (κ3) is 2.06. The first-order valence-electron chi connectivity index (χ1n) is 6.69. The quantitative estimate of drug-likeness (QED) is 0.887. The van der Waals surface area contributed by atoms with E-state index in [1.807, 2.05) is 30.8 Å². The van der Waals surface area contributed by atoms with Gasteiger partial charge in [0.15, 0.2) is 5.82 Å². The van der Waals surface area contributed by atoms with Crippen LogP contribution in [0.2, 0.25) is 0 Å². The van der Waals surface area contributed by atoms with Crippen LogP contribution < -0.4 is 10.2 Å². The van der Waals surface area contributed by atoms with E-state index < -0.39 is 0 Å². The van der Waals surface area contributed by atoms with Gasteiger partial charge in [0.05, 0.1) is 0 Å². The summed E-state index contributed by atoms with van der Waals surface area (Å²) in [5, 5.41) is 11.7. The summed E-state index contributed by atoms with van der Waals surface area (Å²) >= 11 is 0. The Labute approximate surface area is 112 Å². The second kappa shape index (κ2) is 4.45. The maximum absolute atomic E-state index is 4.51. The van der Waals surface area contributed by atoms with Crippen LogP contribution in [0.15, 0.2) is 12.4 Å². The average Bonchev–Trinajstić information content (AvgIpc) is 2.95. The summed E-state index contributed by atoms with van der Waals surface area (Å²) in [5.74, 6) is 1.85. The SMILES string of the molecule is CNCC1(C)CCN(c2nccn3c(C)nnc23)C1. The zero-order valence-electron chi connectivity index (χ0n) is 11.7. The van der Waals surface area contributed by atoms with Crippen LogP contribution >= 0.6 is 0 Å². The van der Waals surface area contributed by atoms with E-state index in [0.717, 1.165) is 36.9 Å². The van der Waals surface area contributed by atoms with Gasteiger partial charge in [0, 0.05) is 32.0 Å². The lowest BCUT2D eigenvalue weighted by molar-refractivity contribution is 0.356. The van der Waals surface area contributed by atoms with E-state index >= 15 is 0 Å². The minimum Gasteiger partial charge on any atom is -0.353 e. The van der Waals surface area contributed by atoms with Crippen LogP contribution in [0.25, 0.3) is 5.65 Å². The van der Waals surface area contributed by atoms with Gasteiger partial charge in [-0.2, -0.15) is 0 Å². The minimum absolute atomic E-state index is 0.304. The molecule has 0 bridgehead atoms. The lowest BCUT2D eigenvalue weighted by Crippen LogP contribution is -2.33. The lowest BCUT2D eigenvalue weighted by Gasteiger charge is -2.24. The number of hydrogen-bond donors (Lipinski definition) is 1. The Morgan fingerprint density at radius 2 is 2.26 bits per heavy atom. The predicted molar refractivity (Wildman–Crippen MR) is 74.4 cm³/mol. The molecule has 6 heteroatoms. The van der Waals surface area contributed by atoms with Gasteiger partial charge >= 0.3 is 0 Å². The van der Waals surface area contributed by atoms with Crippen molar-refractivity contribution in [1.29, 1.82) is 0 Å². The molecule has 0 radical (unpaired) electrons. The van der Waals surface area contributed by atoms with Crippen molar-refractivity contribution in [3.05, 3.63) is 18.2 Å². The van der Waals surface area contributed by atoms with Crippen molar-refractivity contribution < 1.29 is 0 Å². The first-order valence-corrected chi connectivity index (χ1v) is 6.69. The number of aryl methyl sites for hydroxylation is 1. The fourth-order valence-corrected chi connectivity index (χ4v) is 2.93. The highest BCUT2D eigenvalue weighted by Crippen LogP contribution is 2.32. The maximum atomic E-state index is 4.51. The molecule has 3 heterocycles. The second-order valence-corrected chi connectivity index (χ2v) is 5.70. The average molecular weight is 260 g/mol. The number of anilines is 1. The molecule has 2 aromatic heterocycles. The summed E-state index contributed by atoms with van der Waals surface area (Å²) in [6, 6.07) is 0. The molecule has 1 atom stereocenters. The van der Waals surface area contributed by atoms with Crippen molar-refractivity contribution in [1.82, 2.24) is 24.9 Å². The van der Waals surface area contributed by atoms with Crippen LogP contribution in [0.5, 0.6) is 0 Å². The molecule has 1 N–H and O–H groups in total. The highest BCUT2D eigenvalue weighted by atomic mass is 15.3. The third-order valence-corrected chi connectivity index (χ3v) is 3.94. The van der Waals surface area contributed by atoms with E-state index in [9.17, 15) is 0 Å². The Kier molecular flexibility index (Phi) is 2.89. The van der Waals surface area contributed by atoms with Gasteiger partial charge in [-0.15, -0.1) is 10.2 Å². The fraction of sp³-hybridized carbons (Fsp3) is 0.615. The molecular weight excluding hydrogens is 240 g/mol. The number of fused-ring (bicyclic) bond motifs is 1.